The minimum absolute atomic E-state index is 0.0282. The highest BCUT2D eigenvalue weighted by atomic mass is 16.6. The second-order valence-electron chi connectivity index (χ2n) is 3.59. The van der Waals surface area contributed by atoms with Gasteiger partial charge in [-0.3, -0.25) is 20.2 Å². The number of rotatable bonds is 8. The summed E-state index contributed by atoms with van der Waals surface area (Å²) in [6.07, 6.45) is 0. The molecule has 108 valence electrons. The topological polar surface area (TPSA) is 145 Å². The number of hydrogen-bond acceptors (Lipinski definition) is 7. The van der Waals surface area contributed by atoms with Crippen molar-refractivity contribution in [3.05, 3.63) is 38.4 Å². The van der Waals surface area contributed by atoms with Gasteiger partial charge in [0, 0.05) is 12.6 Å². The molecule has 1 aromatic carbocycles. The molecule has 0 atom stereocenters. The molecule has 0 aliphatic carbocycles. The summed E-state index contributed by atoms with van der Waals surface area (Å²) < 4.78 is 4.74. The van der Waals surface area contributed by atoms with Crippen molar-refractivity contribution < 1.29 is 24.5 Å². The molecule has 0 unspecified atom stereocenters. The average molecular weight is 285 g/mol. The number of carboxylic acid groups (broad SMARTS) is 1. The van der Waals surface area contributed by atoms with Crippen LogP contribution in [0.25, 0.3) is 0 Å². The van der Waals surface area contributed by atoms with Gasteiger partial charge in [0.2, 0.25) is 0 Å². The van der Waals surface area contributed by atoms with Crippen LogP contribution in [0.2, 0.25) is 0 Å². The fourth-order valence-corrected chi connectivity index (χ4v) is 1.35. The number of carbonyl (C=O) groups is 1. The standard InChI is InChI=1S/C10H11N3O7/c14-10(15)6-20-4-3-11-8-2-1-7(12(16)17)5-9(8)13(18)19/h1-2,5,11H,3-4,6H2,(H,14,15). The van der Waals surface area contributed by atoms with Gasteiger partial charge in [0.25, 0.3) is 11.4 Å². The summed E-state index contributed by atoms with van der Waals surface area (Å²) in [5.74, 6) is -1.12. The van der Waals surface area contributed by atoms with E-state index < -0.39 is 28.1 Å². The van der Waals surface area contributed by atoms with E-state index in [4.69, 9.17) is 9.84 Å². The summed E-state index contributed by atoms with van der Waals surface area (Å²) in [4.78, 5) is 30.1. The van der Waals surface area contributed by atoms with Gasteiger partial charge in [0.05, 0.1) is 22.5 Å². The van der Waals surface area contributed by atoms with Crippen LogP contribution >= 0.6 is 0 Å². The van der Waals surface area contributed by atoms with E-state index in [-0.39, 0.29) is 24.5 Å². The minimum atomic E-state index is -1.12. The first-order chi connectivity index (χ1) is 9.41. The molecule has 0 spiro atoms. The Hall–Kier alpha value is -2.75. The van der Waals surface area contributed by atoms with Gasteiger partial charge < -0.3 is 15.2 Å². The largest absolute Gasteiger partial charge is 0.480 e. The van der Waals surface area contributed by atoms with E-state index in [1.165, 1.54) is 6.07 Å². The van der Waals surface area contributed by atoms with Crippen LogP contribution in [0, 0.1) is 20.2 Å². The number of nitrogens with one attached hydrogen (secondary N) is 1. The van der Waals surface area contributed by atoms with E-state index in [9.17, 15) is 25.0 Å². The van der Waals surface area contributed by atoms with Gasteiger partial charge in [-0.15, -0.1) is 0 Å². The van der Waals surface area contributed by atoms with E-state index in [0.29, 0.717) is 0 Å². The Morgan fingerprint density at radius 1 is 1.30 bits per heavy atom. The monoisotopic (exact) mass is 285 g/mol. The highest BCUT2D eigenvalue weighted by molar-refractivity contribution is 5.68. The summed E-state index contributed by atoms with van der Waals surface area (Å²) in [5.41, 5.74) is -0.721. The van der Waals surface area contributed by atoms with Crippen LogP contribution in [0.15, 0.2) is 18.2 Å². The molecule has 0 fully saturated rings. The minimum Gasteiger partial charge on any atom is -0.480 e. The number of nitro benzene ring substituents is 2. The Kier molecular flexibility index (Phi) is 5.35. The molecule has 10 heteroatoms. The van der Waals surface area contributed by atoms with Crippen LogP contribution in [0.5, 0.6) is 0 Å². The molecule has 0 bridgehead atoms. The molecule has 1 aromatic rings. The summed E-state index contributed by atoms with van der Waals surface area (Å²) >= 11 is 0. The van der Waals surface area contributed by atoms with Crippen molar-refractivity contribution in [1.29, 1.82) is 0 Å². The molecular formula is C10H11N3O7. The van der Waals surface area contributed by atoms with Crippen molar-refractivity contribution in [2.75, 3.05) is 25.1 Å². The van der Waals surface area contributed by atoms with Gasteiger partial charge in [-0.1, -0.05) is 0 Å². The van der Waals surface area contributed by atoms with Crippen molar-refractivity contribution in [1.82, 2.24) is 0 Å². The lowest BCUT2D eigenvalue weighted by Crippen LogP contribution is -2.14. The number of benzene rings is 1. The number of hydrogen-bond donors (Lipinski definition) is 2. The fraction of sp³-hybridized carbons (Fsp3) is 0.300. The number of aliphatic carboxylic acids is 1. The van der Waals surface area contributed by atoms with E-state index in [2.05, 4.69) is 5.32 Å². The Morgan fingerprint density at radius 2 is 2.00 bits per heavy atom. The lowest BCUT2D eigenvalue weighted by molar-refractivity contribution is -0.393. The Balaban J connectivity index is 2.67. The van der Waals surface area contributed by atoms with E-state index in [1.54, 1.807) is 0 Å². The lowest BCUT2D eigenvalue weighted by atomic mass is 10.2. The van der Waals surface area contributed by atoms with Crippen molar-refractivity contribution in [2.45, 2.75) is 0 Å². The third-order valence-electron chi connectivity index (χ3n) is 2.18. The number of anilines is 1. The van der Waals surface area contributed by atoms with Crippen molar-refractivity contribution >= 4 is 23.0 Å². The maximum atomic E-state index is 10.8. The summed E-state index contributed by atoms with van der Waals surface area (Å²) in [6.45, 7) is -0.309. The van der Waals surface area contributed by atoms with Crippen LogP contribution < -0.4 is 5.32 Å². The zero-order valence-electron chi connectivity index (χ0n) is 10.1. The number of ether oxygens (including phenoxy) is 1. The van der Waals surface area contributed by atoms with E-state index in [0.717, 1.165) is 12.1 Å². The van der Waals surface area contributed by atoms with Crippen LogP contribution in [-0.4, -0.2) is 40.7 Å². The second kappa shape index (κ2) is 6.99. The first-order valence-electron chi connectivity index (χ1n) is 5.38. The van der Waals surface area contributed by atoms with Crippen molar-refractivity contribution in [3.8, 4) is 0 Å². The lowest BCUT2D eigenvalue weighted by Gasteiger charge is -2.06. The van der Waals surface area contributed by atoms with Crippen LogP contribution in [0.3, 0.4) is 0 Å². The molecule has 0 saturated heterocycles. The summed E-state index contributed by atoms with van der Waals surface area (Å²) in [7, 11) is 0. The summed E-state index contributed by atoms with van der Waals surface area (Å²) in [5, 5.41) is 32.3. The highest BCUT2D eigenvalue weighted by Crippen LogP contribution is 2.28. The number of nitrogens with zero attached hydrogens (tertiary/aromatic N) is 2. The zero-order valence-corrected chi connectivity index (χ0v) is 10.1. The molecule has 2 N–H and O–H groups in total. The van der Waals surface area contributed by atoms with Gasteiger partial charge in [-0.05, 0) is 6.07 Å². The maximum Gasteiger partial charge on any atom is 0.329 e. The second-order valence-corrected chi connectivity index (χ2v) is 3.59. The smallest absolute Gasteiger partial charge is 0.329 e. The third kappa shape index (κ3) is 4.49. The van der Waals surface area contributed by atoms with E-state index >= 15 is 0 Å². The quantitative estimate of drug-likeness (QED) is 0.409. The Morgan fingerprint density at radius 3 is 2.55 bits per heavy atom. The van der Waals surface area contributed by atoms with Crippen molar-refractivity contribution in [3.63, 3.8) is 0 Å². The first-order valence-corrected chi connectivity index (χ1v) is 5.38. The molecule has 10 nitrogen and oxygen atoms in total. The highest BCUT2D eigenvalue weighted by Gasteiger charge is 2.18. The first kappa shape index (κ1) is 15.3. The molecule has 0 aliphatic rings. The molecule has 0 heterocycles. The van der Waals surface area contributed by atoms with Gasteiger partial charge in [-0.2, -0.15) is 0 Å². The predicted molar refractivity (Wildman–Crippen MR) is 66.7 cm³/mol. The third-order valence-corrected chi connectivity index (χ3v) is 2.18. The van der Waals surface area contributed by atoms with Gasteiger partial charge in [-0.25, -0.2) is 4.79 Å². The van der Waals surface area contributed by atoms with E-state index in [1.807, 2.05) is 0 Å². The van der Waals surface area contributed by atoms with Gasteiger partial charge >= 0.3 is 5.97 Å². The van der Waals surface area contributed by atoms with Gasteiger partial charge in [0.1, 0.15) is 12.3 Å². The molecule has 20 heavy (non-hydrogen) atoms. The molecule has 0 aromatic heterocycles. The maximum absolute atomic E-state index is 10.8. The van der Waals surface area contributed by atoms with Crippen LogP contribution in [0.1, 0.15) is 0 Å². The zero-order chi connectivity index (χ0) is 15.1. The molecular weight excluding hydrogens is 274 g/mol. The predicted octanol–water partition coefficient (Wildman–Crippen LogP) is 1.02. The Bertz CT molecular complexity index is 532. The molecule has 1 rings (SSSR count). The number of non-ortho nitro benzene ring substituents is 1. The van der Waals surface area contributed by atoms with Crippen LogP contribution in [0.4, 0.5) is 17.1 Å². The fourth-order valence-electron chi connectivity index (χ4n) is 1.35. The number of carboxylic acids is 1. The molecule has 0 amide bonds. The SMILES string of the molecule is O=C(O)COCCNc1ccc([N+](=O)[O-])cc1[N+](=O)[O-]. The van der Waals surface area contributed by atoms with Crippen molar-refractivity contribution in [2.24, 2.45) is 0 Å². The van der Waals surface area contributed by atoms with Gasteiger partial charge in [0.15, 0.2) is 0 Å². The molecule has 0 radical (unpaired) electrons. The summed E-state index contributed by atoms with van der Waals surface area (Å²) in [6, 6.07) is 3.20. The average Bonchev–Trinajstić information content (AvgIpc) is 2.37. The number of nitro groups is 2. The Labute approximate surface area is 112 Å². The molecule has 0 aliphatic heterocycles. The normalized spacial score (nSPS) is 10.0. The molecule has 0 saturated carbocycles. The van der Waals surface area contributed by atoms with Crippen LogP contribution in [-0.2, 0) is 9.53 Å².